The maximum atomic E-state index is 14.0. The topological polar surface area (TPSA) is 105 Å². The van der Waals surface area contributed by atoms with Crippen LogP contribution in [-0.4, -0.2) is 52.3 Å². The van der Waals surface area contributed by atoms with Gasteiger partial charge >= 0.3 is 7.12 Å². The van der Waals surface area contributed by atoms with Crippen molar-refractivity contribution in [3.05, 3.63) is 94.4 Å². The maximum absolute atomic E-state index is 14.0. The molecule has 0 unspecified atom stereocenters. The van der Waals surface area contributed by atoms with Crippen LogP contribution in [0.3, 0.4) is 0 Å². The monoisotopic (exact) mass is 602 g/mol. The number of halogens is 1. The van der Waals surface area contributed by atoms with Crippen LogP contribution in [-0.2, 0) is 19.1 Å². The van der Waals surface area contributed by atoms with Crippen LogP contribution in [0.1, 0.15) is 27.7 Å². The largest absolute Gasteiger partial charge is 0.494 e. The van der Waals surface area contributed by atoms with Crippen molar-refractivity contribution in [2.75, 3.05) is 6.26 Å². The zero-order chi connectivity index (χ0) is 30.0. The highest BCUT2D eigenvalue weighted by molar-refractivity contribution is 7.90. The number of hydrogen-bond acceptors (Lipinski definition) is 7. The molecule has 0 N–H and O–H groups in total. The molecule has 1 saturated heterocycles. The number of hydrogen-bond donors (Lipinski definition) is 0. The highest BCUT2D eigenvalue weighted by Crippen LogP contribution is 2.36. The summed E-state index contributed by atoms with van der Waals surface area (Å²) in [6, 6.07) is 20.8. The second-order valence-corrected chi connectivity index (χ2v) is 13.8. The third-order valence-corrected chi connectivity index (χ3v) is 9.23. The van der Waals surface area contributed by atoms with Crippen LogP contribution in [0, 0.1) is 0 Å². The molecule has 12 heteroatoms. The van der Waals surface area contributed by atoms with Gasteiger partial charge in [-0.3, -0.25) is 9.36 Å². The lowest BCUT2D eigenvalue weighted by atomic mass is 9.79. The van der Waals surface area contributed by atoms with Crippen molar-refractivity contribution < 1.29 is 17.7 Å². The Morgan fingerprint density at radius 1 is 0.881 bits per heavy atom. The Bertz CT molecular complexity index is 1990. The van der Waals surface area contributed by atoms with Crippen molar-refractivity contribution in [1.29, 1.82) is 0 Å². The molecule has 1 aliphatic heterocycles. The molecule has 0 atom stereocenters. The van der Waals surface area contributed by atoms with Gasteiger partial charge in [-0.2, -0.15) is 5.10 Å². The van der Waals surface area contributed by atoms with Crippen LogP contribution in [0.5, 0.6) is 0 Å². The second kappa shape index (κ2) is 9.91. The summed E-state index contributed by atoms with van der Waals surface area (Å²) in [5, 5.41) is 5.22. The fraction of sp³-hybridized carbons (Fsp3) is 0.233. The van der Waals surface area contributed by atoms with Gasteiger partial charge in [0.2, 0.25) is 0 Å². The van der Waals surface area contributed by atoms with E-state index in [1.165, 1.54) is 27.6 Å². The fourth-order valence-electron chi connectivity index (χ4n) is 4.79. The summed E-state index contributed by atoms with van der Waals surface area (Å²) in [5.74, 6) is 0.372. The van der Waals surface area contributed by atoms with Gasteiger partial charge in [-0.25, -0.2) is 18.1 Å². The van der Waals surface area contributed by atoms with Crippen LogP contribution < -0.4 is 11.0 Å². The van der Waals surface area contributed by atoms with E-state index in [0.29, 0.717) is 33.4 Å². The standard InChI is InChI=1S/C30H28BClN4O5S/c1-29(2)30(3,4)41-31(40-29)20-11-9-19(10-12-20)26-34-27-25(28(37)35(26)22-15-13-21(32)14-16-22)18-33-36(27)23-7-6-8-24(17-23)42(5,38)39/h6-18H,1-5H3. The van der Waals surface area contributed by atoms with Gasteiger partial charge in [0.05, 0.1) is 33.7 Å². The smallest absolute Gasteiger partial charge is 0.399 e. The highest BCUT2D eigenvalue weighted by Gasteiger charge is 2.51. The molecule has 3 aromatic carbocycles. The average molecular weight is 603 g/mol. The second-order valence-electron chi connectivity index (χ2n) is 11.3. The van der Waals surface area contributed by atoms with Gasteiger partial charge < -0.3 is 9.31 Å². The molecule has 9 nitrogen and oxygen atoms in total. The van der Waals surface area contributed by atoms with Gasteiger partial charge in [-0.05, 0) is 75.6 Å². The zero-order valence-electron chi connectivity index (χ0n) is 23.7. The minimum atomic E-state index is -3.46. The van der Waals surface area contributed by atoms with Crippen LogP contribution in [0.25, 0.3) is 33.8 Å². The first-order chi connectivity index (χ1) is 19.7. The Labute approximate surface area is 248 Å². The SMILES string of the molecule is CC1(C)OB(c2ccc(-c3nc4c(cnn4-c4cccc(S(C)(=O)=O)c4)c(=O)n3-c3ccc(Cl)cc3)cc2)OC1(C)C. The number of aromatic nitrogens is 4. The summed E-state index contributed by atoms with van der Waals surface area (Å²) in [4.78, 5) is 19.1. The van der Waals surface area contributed by atoms with E-state index in [9.17, 15) is 13.2 Å². The van der Waals surface area contributed by atoms with E-state index in [4.69, 9.17) is 25.9 Å². The Balaban J connectivity index is 1.52. The summed E-state index contributed by atoms with van der Waals surface area (Å²) in [6.07, 6.45) is 2.58. The summed E-state index contributed by atoms with van der Waals surface area (Å²) in [7, 11) is -4.00. The molecule has 2 aromatic heterocycles. The van der Waals surface area contributed by atoms with Crippen molar-refractivity contribution >= 4 is 45.1 Å². The minimum Gasteiger partial charge on any atom is -0.399 e. The zero-order valence-corrected chi connectivity index (χ0v) is 25.3. The molecule has 0 radical (unpaired) electrons. The van der Waals surface area contributed by atoms with Crippen molar-refractivity contribution in [1.82, 2.24) is 19.3 Å². The lowest BCUT2D eigenvalue weighted by molar-refractivity contribution is 0.00578. The summed E-state index contributed by atoms with van der Waals surface area (Å²) < 4.78 is 39.8. The number of fused-ring (bicyclic) bond motifs is 1. The van der Waals surface area contributed by atoms with Crippen molar-refractivity contribution in [2.24, 2.45) is 0 Å². The van der Waals surface area contributed by atoms with E-state index < -0.39 is 28.2 Å². The Kier molecular flexibility index (Phi) is 6.69. The van der Waals surface area contributed by atoms with E-state index >= 15 is 0 Å². The van der Waals surface area contributed by atoms with E-state index in [1.54, 1.807) is 36.4 Å². The van der Waals surface area contributed by atoms with Gasteiger partial charge in [-0.1, -0.05) is 41.9 Å². The molecule has 0 spiro atoms. The molecule has 0 amide bonds. The molecule has 0 aliphatic carbocycles. The molecule has 0 saturated carbocycles. The Morgan fingerprint density at radius 2 is 1.52 bits per heavy atom. The van der Waals surface area contributed by atoms with Gasteiger partial charge in [0.15, 0.2) is 15.5 Å². The summed E-state index contributed by atoms with van der Waals surface area (Å²) in [5.41, 5.74) is 1.54. The summed E-state index contributed by atoms with van der Waals surface area (Å²) in [6.45, 7) is 8.00. The predicted octanol–water partition coefficient (Wildman–Crippen LogP) is 4.59. The lowest BCUT2D eigenvalue weighted by Gasteiger charge is -2.32. The minimum absolute atomic E-state index is 0.136. The van der Waals surface area contributed by atoms with E-state index in [0.717, 1.165) is 11.7 Å². The van der Waals surface area contributed by atoms with E-state index in [2.05, 4.69) is 5.10 Å². The first kappa shape index (κ1) is 28.4. The Hall–Kier alpha value is -3.77. The van der Waals surface area contributed by atoms with E-state index in [1.807, 2.05) is 52.0 Å². The third kappa shape index (κ3) is 4.86. The lowest BCUT2D eigenvalue weighted by Crippen LogP contribution is -2.41. The normalized spacial score (nSPS) is 16.3. The molecule has 0 bridgehead atoms. The highest BCUT2D eigenvalue weighted by atomic mass is 35.5. The maximum Gasteiger partial charge on any atom is 0.494 e. The van der Waals surface area contributed by atoms with Crippen molar-refractivity contribution in [2.45, 2.75) is 43.8 Å². The van der Waals surface area contributed by atoms with Crippen LogP contribution >= 0.6 is 11.6 Å². The van der Waals surface area contributed by atoms with Gasteiger partial charge in [0.1, 0.15) is 11.2 Å². The molecule has 1 fully saturated rings. The number of rotatable bonds is 5. The molecular weight excluding hydrogens is 575 g/mol. The average Bonchev–Trinajstić information content (AvgIpc) is 3.46. The predicted molar refractivity (Wildman–Crippen MR) is 164 cm³/mol. The van der Waals surface area contributed by atoms with Crippen LogP contribution in [0.15, 0.2) is 88.7 Å². The Morgan fingerprint density at radius 3 is 2.14 bits per heavy atom. The summed E-state index contributed by atoms with van der Waals surface area (Å²) >= 11 is 6.14. The molecule has 3 heterocycles. The van der Waals surface area contributed by atoms with Gasteiger partial charge in [-0.15, -0.1) is 0 Å². The van der Waals surface area contributed by atoms with Crippen LogP contribution in [0.4, 0.5) is 0 Å². The molecule has 6 rings (SSSR count). The quantitative estimate of drug-likeness (QED) is 0.271. The first-order valence-electron chi connectivity index (χ1n) is 13.3. The van der Waals surface area contributed by atoms with Crippen molar-refractivity contribution in [3.8, 4) is 22.8 Å². The number of nitrogens with zero attached hydrogens (tertiary/aromatic N) is 4. The number of benzene rings is 3. The van der Waals surface area contributed by atoms with E-state index in [-0.39, 0.29) is 15.8 Å². The third-order valence-electron chi connectivity index (χ3n) is 7.87. The molecule has 214 valence electrons. The molecule has 5 aromatic rings. The first-order valence-corrected chi connectivity index (χ1v) is 15.6. The molecular formula is C30H28BClN4O5S. The van der Waals surface area contributed by atoms with Crippen molar-refractivity contribution in [3.63, 3.8) is 0 Å². The van der Waals surface area contributed by atoms with Crippen LogP contribution in [0.2, 0.25) is 5.02 Å². The fourth-order valence-corrected chi connectivity index (χ4v) is 5.58. The molecule has 1 aliphatic rings. The van der Waals surface area contributed by atoms with Gasteiger partial charge in [0, 0.05) is 16.8 Å². The molecule has 42 heavy (non-hydrogen) atoms. The van der Waals surface area contributed by atoms with Gasteiger partial charge in [0.25, 0.3) is 5.56 Å². The number of sulfone groups is 1.